The molecule has 3 fully saturated rings. The minimum absolute atomic E-state index is 0.0310. The summed E-state index contributed by atoms with van der Waals surface area (Å²) in [6.45, 7) is 1.30. The number of H-pyrrole nitrogens is 1. The largest absolute Gasteiger partial charge is 0.396 e. The number of nitriles is 1. The third kappa shape index (κ3) is 8.77. The lowest BCUT2D eigenvalue weighted by Crippen LogP contribution is -2.43. The van der Waals surface area contributed by atoms with Crippen LogP contribution in [0.5, 0.6) is 0 Å². The average Bonchev–Trinajstić information content (AvgIpc) is 4.03. The van der Waals surface area contributed by atoms with Gasteiger partial charge >= 0.3 is 18.9 Å². The van der Waals surface area contributed by atoms with Gasteiger partial charge in [-0.25, -0.2) is 28.5 Å². The molecule has 4 aromatic heterocycles. The fourth-order valence-corrected chi connectivity index (χ4v) is 9.03. The van der Waals surface area contributed by atoms with Gasteiger partial charge in [0.15, 0.2) is 46.8 Å². The topological polar surface area (TPSA) is 311 Å². The summed E-state index contributed by atoms with van der Waals surface area (Å²) in [7, 11) is -7.34. The second-order valence-electron chi connectivity index (χ2n) is 14.4. The van der Waals surface area contributed by atoms with Gasteiger partial charge in [0.25, 0.3) is 11.5 Å². The van der Waals surface area contributed by atoms with Crippen molar-refractivity contribution >= 4 is 64.8 Å². The van der Waals surface area contributed by atoms with Gasteiger partial charge in [0.05, 0.1) is 51.1 Å². The van der Waals surface area contributed by atoms with Gasteiger partial charge in [0, 0.05) is 23.9 Å². The highest BCUT2D eigenvalue weighted by Gasteiger charge is 2.52. The first-order valence-electron chi connectivity index (χ1n) is 19.0. The Morgan fingerprint density at radius 1 is 1.05 bits per heavy atom. The van der Waals surface area contributed by atoms with E-state index in [9.17, 15) is 33.2 Å². The van der Waals surface area contributed by atoms with Crippen LogP contribution < -0.4 is 20.9 Å². The van der Waals surface area contributed by atoms with E-state index in [4.69, 9.17) is 27.2 Å². The van der Waals surface area contributed by atoms with Gasteiger partial charge in [-0.2, -0.15) is 23.4 Å². The summed E-state index contributed by atoms with van der Waals surface area (Å²) in [4.78, 5) is 61.9. The third-order valence-electron chi connectivity index (χ3n) is 10.0. The summed E-state index contributed by atoms with van der Waals surface area (Å²) in [5.41, 5.74) is -0.520. The molecule has 1 aromatic carbocycles. The molecule has 0 spiro atoms. The maximum Gasteiger partial charge on any atom is 0.336 e. The molecular formula is C35H38FN12O12PS. The molecule has 0 saturated carbocycles. The number of alkyl halides is 1. The first-order chi connectivity index (χ1) is 29.8. The number of amides is 2. The number of aliphatic hydroxyl groups is 1. The van der Waals surface area contributed by atoms with E-state index >= 15 is 4.39 Å². The number of carbonyl (C=O) groups is 2. The second kappa shape index (κ2) is 18.1. The Labute approximate surface area is 351 Å². The Morgan fingerprint density at radius 3 is 2.53 bits per heavy atom. The molecule has 8 rings (SSSR count). The van der Waals surface area contributed by atoms with Gasteiger partial charge < -0.3 is 33.5 Å². The number of aromatic amines is 1. The van der Waals surface area contributed by atoms with Crippen LogP contribution in [0.15, 0.2) is 54.1 Å². The van der Waals surface area contributed by atoms with E-state index in [0.717, 1.165) is 12.7 Å². The Balaban J connectivity index is 1.09. The van der Waals surface area contributed by atoms with Crippen molar-refractivity contribution in [1.82, 2.24) is 43.8 Å². The van der Waals surface area contributed by atoms with E-state index in [-0.39, 0.29) is 47.1 Å². The van der Waals surface area contributed by atoms with Gasteiger partial charge in [0.1, 0.15) is 24.6 Å². The maximum atomic E-state index is 16.8. The van der Waals surface area contributed by atoms with Gasteiger partial charge in [0.2, 0.25) is 11.9 Å². The van der Waals surface area contributed by atoms with Crippen molar-refractivity contribution in [2.75, 3.05) is 37.0 Å². The highest BCUT2D eigenvalue weighted by molar-refractivity contribution is 7.84. The molecule has 2 amide bonds. The van der Waals surface area contributed by atoms with Crippen molar-refractivity contribution in [1.29, 1.82) is 5.26 Å². The average molecular weight is 901 g/mol. The molecule has 2 bridgehead atoms. The van der Waals surface area contributed by atoms with Crippen molar-refractivity contribution in [3.8, 4) is 6.07 Å². The summed E-state index contributed by atoms with van der Waals surface area (Å²) in [6, 6.07) is 10.3. The molecular weight excluding hydrogens is 862 g/mol. The Morgan fingerprint density at radius 2 is 1.79 bits per heavy atom. The molecule has 328 valence electrons. The second-order valence-corrected chi connectivity index (χ2v) is 16.9. The normalized spacial score (nSPS) is 27.5. The number of carbonyl (C=O) groups excluding carboxylic acids is 2. The molecule has 0 aliphatic carbocycles. The monoisotopic (exact) mass is 900 g/mol. The predicted molar refractivity (Wildman–Crippen MR) is 210 cm³/mol. The number of nitrogens with one attached hydrogen (secondary N) is 4. The smallest absolute Gasteiger partial charge is 0.336 e. The zero-order chi connectivity index (χ0) is 43.7. The van der Waals surface area contributed by atoms with Crippen molar-refractivity contribution < 1.29 is 54.7 Å². The number of hydrogen-bond donors (Lipinski definition) is 5. The predicted octanol–water partition coefficient (Wildman–Crippen LogP) is 1.34. The summed E-state index contributed by atoms with van der Waals surface area (Å²) < 4.78 is 84.9. The van der Waals surface area contributed by atoms with Crippen LogP contribution in [-0.4, -0.2) is 121 Å². The third-order valence-corrected chi connectivity index (χ3v) is 12.2. The molecule has 62 heavy (non-hydrogen) atoms. The molecule has 1 unspecified atom stereocenters. The van der Waals surface area contributed by atoms with E-state index in [0.29, 0.717) is 5.56 Å². The first kappa shape index (κ1) is 43.2. The molecule has 27 heteroatoms. The lowest BCUT2D eigenvalue weighted by Gasteiger charge is -2.25. The molecule has 9 atom stereocenters. The Kier molecular flexibility index (Phi) is 12.6. The van der Waals surface area contributed by atoms with Gasteiger partial charge in [-0.15, -0.1) is 0 Å². The molecule has 3 aliphatic rings. The standard InChI is InChI=1S/C35H38FN12O12PS/c1-17(2)30(50)45-35-44-29-24(32(52)46-35)41-16-48(29)34-25-19(12-49)21(58-34)13-56-61(55-10-6-9-37)59-26-20(11-42-62(53,54)60-25)57-33(22(26)36)47-15-40-23-27(38-14-39-28(23)47)43-31(51)18-7-4-3-5-8-18/h3-5,7-8,14-17,19-22,25-26,33-34,42,49H,6,10-13H2,1-2H3,(H,38,39,43,51)(H2,44,45,46,50,52)/t19-,20-,21-,22-,25-,26-,33-,34-,61?/m1/s1. The Hall–Kier alpha value is -5.46. The van der Waals surface area contributed by atoms with Crippen LogP contribution >= 0.6 is 8.60 Å². The van der Waals surface area contributed by atoms with Crippen LogP contribution in [0.25, 0.3) is 22.3 Å². The van der Waals surface area contributed by atoms with E-state index < -0.39 is 111 Å². The summed E-state index contributed by atoms with van der Waals surface area (Å²) in [6.07, 6.45) is -7.22. The van der Waals surface area contributed by atoms with E-state index in [1.54, 1.807) is 44.2 Å². The summed E-state index contributed by atoms with van der Waals surface area (Å²) in [5.74, 6) is -2.71. The van der Waals surface area contributed by atoms with E-state index in [2.05, 4.69) is 45.3 Å². The van der Waals surface area contributed by atoms with Gasteiger partial charge in [-0.1, -0.05) is 32.0 Å². The highest BCUT2D eigenvalue weighted by atomic mass is 32.2. The molecule has 7 heterocycles. The van der Waals surface area contributed by atoms with Crippen LogP contribution in [-0.2, 0) is 42.3 Å². The maximum absolute atomic E-state index is 16.8. The van der Waals surface area contributed by atoms with Crippen LogP contribution in [0.2, 0.25) is 0 Å². The fraction of sp³-hybridized carbons (Fsp3) is 0.457. The number of hydrogen-bond acceptors (Lipinski definition) is 18. The van der Waals surface area contributed by atoms with Gasteiger partial charge in [-0.3, -0.25) is 33.8 Å². The summed E-state index contributed by atoms with van der Waals surface area (Å²) >= 11 is 0. The number of imidazole rings is 2. The van der Waals surface area contributed by atoms with Crippen LogP contribution in [0.3, 0.4) is 0 Å². The molecule has 0 radical (unpaired) electrons. The number of aromatic nitrogens is 8. The summed E-state index contributed by atoms with van der Waals surface area (Å²) in [5, 5.41) is 25.0. The zero-order valence-corrected chi connectivity index (χ0v) is 34.3. The molecule has 3 aliphatic heterocycles. The Bertz CT molecular complexity index is 2670. The van der Waals surface area contributed by atoms with E-state index in [1.807, 2.05) is 6.07 Å². The highest BCUT2D eigenvalue weighted by Crippen LogP contribution is 2.49. The van der Waals surface area contributed by atoms with Gasteiger partial charge in [-0.05, 0) is 12.1 Å². The number of aliphatic hydroxyl groups excluding tert-OH is 1. The minimum Gasteiger partial charge on any atom is -0.396 e. The van der Waals surface area contributed by atoms with Crippen LogP contribution in [0.4, 0.5) is 16.2 Å². The van der Waals surface area contributed by atoms with Crippen molar-refractivity contribution in [2.24, 2.45) is 11.8 Å². The number of halogens is 1. The zero-order valence-electron chi connectivity index (χ0n) is 32.6. The number of rotatable bonds is 10. The number of benzene rings is 1. The number of fused-ring (bicyclic) bond motifs is 5. The molecule has 5 aromatic rings. The first-order valence-corrected chi connectivity index (χ1v) is 21.5. The van der Waals surface area contributed by atoms with Crippen molar-refractivity contribution in [3.05, 3.63) is 65.2 Å². The number of nitrogens with zero attached hydrogens (tertiary/aromatic N) is 8. The quantitative estimate of drug-likeness (QED) is 0.0975. The number of ether oxygens (including phenoxy) is 2. The minimum atomic E-state index is -4.81. The SMILES string of the molecule is CC(C)C(=O)Nc1nc2c(ncn2[C@@H]2O[C@@H]3COP(OCCC#N)O[C@H]4[C@@H](F)[C@H](n5cnc6c(NC(=O)c7ccccc7)ncnc65)O[C@@H]4CNS(=O)(=O)O[C@@H]2[C@@H]3CO)c(=O)[nH]1. The molecule has 3 saturated heterocycles. The van der Waals surface area contributed by atoms with Crippen LogP contribution in [0, 0.1) is 23.2 Å². The van der Waals surface area contributed by atoms with Crippen LogP contribution in [0.1, 0.15) is 43.1 Å². The lowest BCUT2D eigenvalue weighted by molar-refractivity contribution is -0.118. The van der Waals surface area contributed by atoms with Crippen molar-refractivity contribution in [2.45, 2.75) is 63.3 Å². The fourth-order valence-electron chi connectivity index (χ4n) is 6.91. The lowest BCUT2D eigenvalue weighted by atomic mass is 9.99. The molecule has 24 nitrogen and oxygen atoms in total. The van der Waals surface area contributed by atoms with E-state index in [1.165, 1.54) is 15.5 Å². The van der Waals surface area contributed by atoms with Crippen molar-refractivity contribution in [3.63, 3.8) is 0 Å². The number of anilines is 2. The molecule has 5 N–H and O–H groups in total.